The van der Waals surface area contributed by atoms with Gasteiger partial charge in [-0.2, -0.15) is 13.2 Å². The SMILES string of the molecule is O=C(O)/C(=C\C(=O)c1ccccc1)Nc1cccc(C(F)(F)F)c1. The maximum absolute atomic E-state index is 12.7. The van der Waals surface area contributed by atoms with Crippen molar-refractivity contribution >= 4 is 17.4 Å². The normalized spacial score (nSPS) is 11.9. The number of rotatable bonds is 5. The first-order valence-corrected chi connectivity index (χ1v) is 6.76. The minimum absolute atomic E-state index is 0.0839. The summed E-state index contributed by atoms with van der Waals surface area (Å²) in [6.45, 7) is 0. The second-order valence-corrected chi connectivity index (χ2v) is 4.80. The number of carboxylic acid groups (broad SMARTS) is 1. The number of allylic oxidation sites excluding steroid dienone is 1. The van der Waals surface area contributed by atoms with E-state index in [2.05, 4.69) is 5.32 Å². The molecule has 0 saturated carbocycles. The number of carbonyl (C=O) groups is 2. The molecule has 0 aliphatic heterocycles. The summed E-state index contributed by atoms with van der Waals surface area (Å²) >= 11 is 0. The van der Waals surface area contributed by atoms with Crippen LogP contribution in [-0.2, 0) is 11.0 Å². The lowest BCUT2D eigenvalue weighted by atomic mass is 10.1. The third-order valence-electron chi connectivity index (χ3n) is 3.03. The Kier molecular flexibility index (Phi) is 5.03. The highest BCUT2D eigenvalue weighted by atomic mass is 19.4. The van der Waals surface area contributed by atoms with Crippen molar-refractivity contribution in [3.63, 3.8) is 0 Å². The molecule has 7 heteroatoms. The first-order valence-electron chi connectivity index (χ1n) is 6.76. The van der Waals surface area contributed by atoms with Crippen molar-refractivity contribution in [2.45, 2.75) is 6.18 Å². The van der Waals surface area contributed by atoms with E-state index in [0.717, 1.165) is 24.3 Å². The molecule has 0 heterocycles. The highest BCUT2D eigenvalue weighted by molar-refractivity contribution is 6.09. The summed E-state index contributed by atoms with van der Waals surface area (Å²) in [6.07, 6.45) is -3.72. The molecule has 0 spiro atoms. The predicted molar refractivity (Wildman–Crippen MR) is 81.6 cm³/mol. The van der Waals surface area contributed by atoms with Crippen LogP contribution in [-0.4, -0.2) is 16.9 Å². The first-order chi connectivity index (χ1) is 11.3. The summed E-state index contributed by atoms with van der Waals surface area (Å²) in [6, 6.07) is 12.0. The number of halogens is 3. The molecule has 2 aromatic carbocycles. The van der Waals surface area contributed by atoms with Crippen molar-refractivity contribution in [1.82, 2.24) is 0 Å². The lowest BCUT2D eigenvalue weighted by Crippen LogP contribution is -2.13. The van der Waals surface area contributed by atoms with Gasteiger partial charge in [0.1, 0.15) is 5.70 Å². The number of benzene rings is 2. The monoisotopic (exact) mass is 335 g/mol. The van der Waals surface area contributed by atoms with Crippen LogP contribution >= 0.6 is 0 Å². The van der Waals surface area contributed by atoms with Gasteiger partial charge in [-0.15, -0.1) is 0 Å². The van der Waals surface area contributed by atoms with Crippen LogP contribution in [0.15, 0.2) is 66.4 Å². The Labute approximate surface area is 135 Å². The van der Waals surface area contributed by atoms with Crippen LogP contribution in [0.4, 0.5) is 18.9 Å². The molecule has 0 fully saturated rings. The Balaban J connectivity index is 2.28. The highest BCUT2D eigenvalue weighted by Gasteiger charge is 2.30. The number of ketones is 1. The zero-order valence-corrected chi connectivity index (χ0v) is 12.2. The Morgan fingerprint density at radius 1 is 1.00 bits per heavy atom. The van der Waals surface area contributed by atoms with E-state index in [9.17, 15) is 22.8 Å². The Bertz CT molecular complexity index is 783. The lowest BCUT2D eigenvalue weighted by molar-refractivity contribution is -0.137. The van der Waals surface area contributed by atoms with Crippen molar-refractivity contribution in [3.8, 4) is 0 Å². The third-order valence-corrected chi connectivity index (χ3v) is 3.03. The van der Waals surface area contributed by atoms with Crippen LogP contribution < -0.4 is 5.32 Å². The molecule has 124 valence electrons. The highest BCUT2D eigenvalue weighted by Crippen LogP contribution is 2.30. The van der Waals surface area contributed by atoms with E-state index in [4.69, 9.17) is 5.11 Å². The molecule has 2 rings (SSSR count). The average molecular weight is 335 g/mol. The van der Waals surface area contributed by atoms with Gasteiger partial charge < -0.3 is 10.4 Å². The Morgan fingerprint density at radius 3 is 2.25 bits per heavy atom. The molecule has 0 amide bonds. The van der Waals surface area contributed by atoms with Gasteiger partial charge in [-0.25, -0.2) is 4.79 Å². The smallest absolute Gasteiger partial charge is 0.416 e. The predicted octanol–water partition coefficient (Wildman–Crippen LogP) is 3.97. The van der Waals surface area contributed by atoms with E-state index in [1.807, 2.05) is 0 Å². The summed E-state index contributed by atoms with van der Waals surface area (Å²) in [5.74, 6) is -2.04. The quantitative estimate of drug-likeness (QED) is 0.641. The first kappa shape index (κ1) is 17.3. The number of aliphatic carboxylic acids is 1. The molecule has 24 heavy (non-hydrogen) atoms. The summed E-state index contributed by atoms with van der Waals surface area (Å²) < 4.78 is 38.0. The largest absolute Gasteiger partial charge is 0.477 e. The molecule has 0 atom stereocenters. The van der Waals surface area contributed by atoms with Gasteiger partial charge >= 0.3 is 12.1 Å². The molecule has 4 nitrogen and oxygen atoms in total. The molecule has 0 aromatic heterocycles. The van der Waals surface area contributed by atoms with E-state index in [0.29, 0.717) is 0 Å². The van der Waals surface area contributed by atoms with Crippen molar-refractivity contribution in [1.29, 1.82) is 0 Å². The molecule has 0 bridgehead atoms. The van der Waals surface area contributed by atoms with E-state index in [-0.39, 0.29) is 11.3 Å². The molecular formula is C17H12F3NO3. The minimum Gasteiger partial charge on any atom is -0.477 e. The van der Waals surface area contributed by atoms with Crippen LogP contribution in [0.25, 0.3) is 0 Å². The molecule has 0 aliphatic rings. The Hall–Kier alpha value is -3.09. The lowest BCUT2D eigenvalue weighted by Gasteiger charge is -2.11. The fourth-order valence-electron chi connectivity index (χ4n) is 1.90. The second-order valence-electron chi connectivity index (χ2n) is 4.80. The topological polar surface area (TPSA) is 66.4 Å². The standard InChI is InChI=1S/C17H12F3NO3/c18-17(19,20)12-7-4-8-13(9-12)21-14(16(23)24)10-15(22)11-5-2-1-3-6-11/h1-10,21H,(H,23,24)/b14-10+. The van der Waals surface area contributed by atoms with Gasteiger partial charge in [0.15, 0.2) is 5.78 Å². The number of alkyl halides is 3. The third kappa shape index (κ3) is 4.45. The fraction of sp³-hybridized carbons (Fsp3) is 0.0588. The summed E-state index contributed by atoms with van der Waals surface area (Å²) in [5, 5.41) is 11.5. The number of carboxylic acids is 1. The summed E-state index contributed by atoms with van der Waals surface area (Å²) in [5.41, 5.74) is -1.27. The van der Waals surface area contributed by atoms with Crippen molar-refractivity contribution < 1.29 is 27.9 Å². The molecule has 0 saturated heterocycles. The van der Waals surface area contributed by atoms with Gasteiger partial charge in [-0.05, 0) is 18.2 Å². The van der Waals surface area contributed by atoms with Gasteiger partial charge in [0, 0.05) is 17.3 Å². The van der Waals surface area contributed by atoms with Gasteiger partial charge in [0.05, 0.1) is 5.56 Å². The van der Waals surface area contributed by atoms with E-state index < -0.39 is 29.2 Å². The average Bonchev–Trinajstić information content (AvgIpc) is 2.54. The molecule has 2 aromatic rings. The molecule has 0 radical (unpaired) electrons. The molecule has 0 unspecified atom stereocenters. The van der Waals surface area contributed by atoms with Crippen molar-refractivity contribution in [2.75, 3.05) is 5.32 Å². The van der Waals surface area contributed by atoms with Crippen LogP contribution in [0.1, 0.15) is 15.9 Å². The maximum atomic E-state index is 12.7. The van der Waals surface area contributed by atoms with E-state index in [1.54, 1.807) is 18.2 Å². The van der Waals surface area contributed by atoms with Crippen molar-refractivity contribution in [3.05, 3.63) is 77.5 Å². The van der Waals surface area contributed by atoms with Gasteiger partial charge in [-0.1, -0.05) is 36.4 Å². The number of hydrogen-bond donors (Lipinski definition) is 2. The minimum atomic E-state index is -4.55. The zero-order valence-electron chi connectivity index (χ0n) is 12.2. The van der Waals surface area contributed by atoms with E-state index in [1.165, 1.54) is 18.2 Å². The van der Waals surface area contributed by atoms with Gasteiger partial charge in [-0.3, -0.25) is 4.79 Å². The maximum Gasteiger partial charge on any atom is 0.416 e. The number of nitrogens with one attached hydrogen (secondary N) is 1. The van der Waals surface area contributed by atoms with Crippen LogP contribution in [0, 0.1) is 0 Å². The number of anilines is 1. The zero-order chi connectivity index (χ0) is 17.7. The van der Waals surface area contributed by atoms with Gasteiger partial charge in [0.25, 0.3) is 0 Å². The molecular weight excluding hydrogens is 323 g/mol. The van der Waals surface area contributed by atoms with E-state index >= 15 is 0 Å². The van der Waals surface area contributed by atoms with Gasteiger partial charge in [0.2, 0.25) is 0 Å². The fourth-order valence-corrected chi connectivity index (χ4v) is 1.90. The molecule has 2 N–H and O–H groups in total. The second kappa shape index (κ2) is 6.99. The molecule has 0 aliphatic carbocycles. The summed E-state index contributed by atoms with van der Waals surface area (Å²) in [7, 11) is 0. The van der Waals surface area contributed by atoms with Crippen LogP contribution in [0.3, 0.4) is 0 Å². The van der Waals surface area contributed by atoms with Crippen LogP contribution in [0.5, 0.6) is 0 Å². The number of carbonyl (C=O) groups excluding carboxylic acids is 1. The van der Waals surface area contributed by atoms with Crippen molar-refractivity contribution in [2.24, 2.45) is 0 Å². The van der Waals surface area contributed by atoms with Crippen LogP contribution in [0.2, 0.25) is 0 Å². The number of hydrogen-bond acceptors (Lipinski definition) is 3. The summed E-state index contributed by atoms with van der Waals surface area (Å²) in [4.78, 5) is 23.3. The Morgan fingerprint density at radius 2 is 1.67 bits per heavy atom.